The lowest BCUT2D eigenvalue weighted by Gasteiger charge is -1.96. The first-order valence-corrected chi connectivity index (χ1v) is 5.35. The normalized spacial score (nSPS) is 10.6. The minimum atomic E-state index is 0.115. The molecule has 0 radical (unpaired) electrons. The molecular weight excluding hydrogens is 276 g/mol. The van der Waals surface area contributed by atoms with Crippen LogP contribution >= 0.6 is 38.9 Å². The topological polar surface area (TPSA) is 38.1 Å². The van der Waals surface area contributed by atoms with Gasteiger partial charge in [-0.2, -0.15) is 5.10 Å². The third-order valence-electron chi connectivity index (χ3n) is 1.46. The minimum Gasteiger partial charge on any atom is -0.504 e. The van der Waals surface area contributed by atoms with E-state index in [0.29, 0.717) is 8.94 Å². The van der Waals surface area contributed by atoms with Gasteiger partial charge in [-0.05, 0) is 28.1 Å². The van der Waals surface area contributed by atoms with E-state index in [1.165, 1.54) is 17.5 Å². The van der Waals surface area contributed by atoms with Gasteiger partial charge in [0, 0.05) is 0 Å². The zero-order valence-electron chi connectivity index (χ0n) is 6.24. The molecule has 0 amide bonds. The first kappa shape index (κ1) is 9.05. The van der Waals surface area contributed by atoms with E-state index in [2.05, 4.69) is 21.0 Å². The van der Waals surface area contributed by atoms with Gasteiger partial charge in [-0.15, -0.1) is 11.3 Å². The molecule has 2 rings (SSSR count). The maximum atomic E-state index is 9.25. The van der Waals surface area contributed by atoms with E-state index < -0.39 is 0 Å². The molecule has 0 aliphatic heterocycles. The van der Waals surface area contributed by atoms with Crippen LogP contribution in [-0.4, -0.2) is 14.9 Å². The Morgan fingerprint density at radius 1 is 1.54 bits per heavy atom. The lowest BCUT2D eigenvalue weighted by molar-refractivity contribution is 0.471. The molecule has 2 aromatic rings. The van der Waals surface area contributed by atoms with Crippen molar-refractivity contribution in [2.45, 2.75) is 0 Å². The number of thiophene rings is 1. The second-order valence-corrected chi connectivity index (χ2v) is 4.75. The quantitative estimate of drug-likeness (QED) is 0.871. The molecule has 0 saturated carbocycles. The Balaban J connectivity index is 2.52. The Kier molecular flexibility index (Phi) is 2.31. The van der Waals surface area contributed by atoms with E-state index >= 15 is 0 Å². The van der Waals surface area contributed by atoms with Crippen LogP contribution in [0.5, 0.6) is 5.75 Å². The molecule has 0 atom stereocenters. The molecule has 2 heterocycles. The SMILES string of the molecule is Oc1cnn(-c2ccc(Cl)s2)c1Br. The molecule has 2 aromatic heterocycles. The van der Waals surface area contributed by atoms with Gasteiger partial charge in [0.2, 0.25) is 0 Å². The number of nitrogens with zero attached hydrogens (tertiary/aromatic N) is 2. The van der Waals surface area contributed by atoms with Crippen LogP contribution in [0, 0.1) is 0 Å². The summed E-state index contributed by atoms with van der Waals surface area (Å²) < 4.78 is 2.80. The number of hydrogen-bond donors (Lipinski definition) is 1. The van der Waals surface area contributed by atoms with Crippen molar-refractivity contribution >= 4 is 38.9 Å². The highest BCUT2D eigenvalue weighted by Crippen LogP contribution is 2.30. The van der Waals surface area contributed by atoms with Crippen molar-refractivity contribution in [3.63, 3.8) is 0 Å². The summed E-state index contributed by atoms with van der Waals surface area (Å²) in [5.41, 5.74) is 0. The van der Waals surface area contributed by atoms with Gasteiger partial charge in [0.05, 0.1) is 10.5 Å². The number of aromatic nitrogens is 2. The van der Waals surface area contributed by atoms with Crippen LogP contribution in [0.25, 0.3) is 5.00 Å². The standard InChI is InChI=1S/C7H4BrClN2OS/c8-7-4(12)3-10-11(7)6-2-1-5(9)13-6/h1-3,12H. The average Bonchev–Trinajstić information content (AvgIpc) is 2.62. The minimum absolute atomic E-state index is 0.115. The van der Waals surface area contributed by atoms with Crippen LogP contribution in [0.2, 0.25) is 4.34 Å². The summed E-state index contributed by atoms with van der Waals surface area (Å²) in [5, 5.41) is 14.1. The van der Waals surface area contributed by atoms with Crippen molar-refractivity contribution in [2.24, 2.45) is 0 Å². The van der Waals surface area contributed by atoms with Crippen LogP contribution in [0.3, 0.4) is 0 Å². The van der Waals surface area contributed by atoms with Crippen molar-refractivity contribution in [1.29, 1.82) is 0 Å². The number of aromatic hydroxyl groups is 1. The number of hydrogen-bond acceptors (Lipinski definition) is 3. The molecule has 6 heteroatoms. The summed E-state index contributed by atoms with van der Waals surface area (Å²) in [6, 6.07) is 3.62. The molecule has 1 N–H and O–H groups in total. The van der Waals surface area contributed by atoms with Crippen LogP contribution in [0.4, 0.5) is 0 Å². The van der Waals surface area contributed by atoms with Crippen molar-refractivity contribution in [3.8, 4) is 10.8 Å². The molecule has 0 aromatic carbocycles. The number of halogens is 2. The lowest BCUT2D eigenvalue weighted by atomic mass is 10.6. The van der Waals surface area contributed by atoms with Gasteiger partial charge in [-0.3, -0.25) is 0 Å². The fourth-order valence-corrected chi connectivity index (χ4v) is 2.40. The summed E-state index contributed by atoms with van der Waals surface area (Å²) in [6.07, 6.45) is 1.37. The van der Waals surface area contributed by atoms with Crippen LogP contribution in [-0.2, 0) is 0 Å². The zero-order chi connectivity index (χ0) is 9.42. The summed E-state index contributed by atoms with van der Waals surface area (Å²) in [6.45, 7) is 0. The van der Waals surface area contributed by atoms with Crippen LogP contribution < -0.4 is 0 Å². The third kappa shape index (κ3) is 1.59. The van der Waals surface area contributed by atoms with E-state index in [4.69, 9.17) is 11.6 Å². The molecule has 0 saturated heterocycles. The first-order valence-electron chi connectivity index (χ1n) is 3.36. The Morgan fingerprint density at radius 3 is 2.77 bits per heavy atom. The van der Waals surface area contributed by atoms with E-state index in [1.54, 1.807) is 10.7 Å². The molecule has 0 spiro atoms. The maximum Gasteiger partial charge on any atom is 0.168 e. The Morgan fingerprint density at radius 2 is 2.31 bits per heavy atom. The third-order valence-corrected chi connectivity index (χ3v) is 3.41. The molecular formula is C7H4BrClN2OS. The van der Waals surface area contributed by atoms with Crippen LogP contribution in [0.1, 0.15) is 0 Å². The summed E-state index contributed by atoms with van der Waals surface area (Å²) in [7, 11) is 0. The second-order valence-electron chi connectivity index (χ2n) is 2.31. The van der Waals surface area contributed by atoms with Crippen molar-refractivity contribution in [3.05, 3.63) is 27.3 Å². The van der Waals surface area contributed by atoms with E-state index in [0.717, 1.165) is 5.00 Å². The highest BCUT2D eigenvalue weighted by Gasteiger charge is 2.09. The van der Waals surface area contributed by atoms with E-state index in [1.807, 2.05) is 6.07 Å². The molecule has 3 nitrogen and oxygen atoms in total. The van der Waals surface area contributed by atoms with E-state index in [9.17, 15) is 5.11 Å². The molecule has 13 heavy (non-hydrogen) atoms. The fourth-order valence-electron chi connectivity index (χ4n) is 0.897. The fraction of sp³-hybridized carbons (Fsp3) is 0. The van der Waals surface area contributed by atoms with Gasteiger partial charge in [0.1, 0.15) is 5.00 Å². The van der Waals surface area contributed by atoms with Crippen LogP contribution in [0.15, 0.2) is 22.9 Å². The predicted molar refractivity (Wildman–Crippen MR) is 55.8 cm³/mol. The molecule has 0 fully saturated rings. The summed E-state index contributed by atoms with van der Waals surface area (Å²) in [4.78, 5) is 0. The zero-order valence-corrected chi connectivity index (χ0v) is 9.40. The molecule has 0 bridgehead atoms. The Bertz CT molecular complexity index is 439. The highest BCUT2D eigenvalue weighted by molar-refractivity contribution is 9.10. The molecule has 0 aliphatic carbocycles. The maximum absolute atomic E-state index is 9.25. The monoisotopic (exact) mass is 278 g/mol. The molecule has 0 unspecified atom stereocenters. The number of rotatable bonds is 1. The van der Waals surface area contributed by atoms with Gasteiger partial charge in [0.25, 0.3) is 0 Å². The van der Waals surface area contributed by atoms with Gasteiger partial charge < -0.3 is 5.11 Å². The molecule has 68 valence electrons. The van der Waals surface area contributed by atoms with Crippen molar-refractivity contribution < 1.29 is 5.11 Å². The lowest BCUT2D eigenvalue weighted by Crippen LogP contribution is -1.91. The second kappa shape index (κ2) is 3.32. The Hall–Kier alpha value is -0.520. The summed E-state index contributed by atoms with van der Waals surface area (Å²) >= 11 is 10.4. The highest BCUT2D eigenvalue weighted by atomic mass is 79.9. The van der Waals surface area contributed by atoms with Gasteiger partial charge in [-0.25, -0.2) is 4.68 Å². The van der Waals surface area contributed by atoms with Gasteiger partial charge >= 0.3 is 0 Å². The predicted octanol–water partition coefficient (Wildman–Crippen LogP) is 3.06. The Labute approximate surface area is 91.7 Å². The van der Waals surface area contributed by atoms with Gasteiger partial charge in [0.15, 0.2) is 10.4 Å². The molecule has 0 aliphatic rings. The summed E-state index contributed by atoms with van der Waals surface area (Å²) in [5.74, 6) is 0.115. The average molecular weight is 280 g/mol. The van der Waals surface area contributed by atoms with Crippen molar-refractivity contribution in [2.75, 3.05) is 0 Å². The van der Waals surface area contributed by atoms with E-state index in [-0.39, 0.29) is 5.75 Å². The van der Waals surface area contributed by atoms with Gasteiger partial charge in [-0.1, -0.05) is 11.6 Å². The smallest absolute Gasteiger partial charge is 0.168 e. The van der Waals surface area contributed by atoms with Crippen molar-refractivity contribution in [1.82, 2.24) is 9.78 Å². The first-order chi connectivity index (χ1) is 6.18. The largest absolute Gasteiger partial charge is 0.504 e.